The van der Waals surface area contributed by atoms with Gasteiger partial charge in [-0.15, -0.1) is 0 Å². The molecule has 1 fully saturated rings. The largest absolute Gasteiger partial charge is 0.480 e. The molecule has 1 saturated heterocycles. The molecule has 5 unspecified atom stereocenters. The SMILES string of the molecule is NCCCC(N)(CC1OC(n2cnc3ccccc32)C(O)C1O)C(=O)O. The van der Waals surface area contributed by atoms with Gasteiger partial charge in [-0.2, -0.15) is 0 Å². The number of aliphatic hydroxyl groups excluding tert-OH is 2. The van der Waals surface area contributed by atoms with Crippen LogP contribution in [0.2, 0.25) is 0 Å². The number of carboxylic acid groups (broad SMARTS) is 1. The fourth-order valence-corrected chi connectivity index (χ4v) is 3.38. The Labute approximate surface area is 150 Å². The van der Waals surface area contributed by atoms with Gasteiger partial charge in [0, 0.05) is 6.42 Å². The van der Waals surface area contributed by atoms with Crippen molar-refractivity contribution in [1.29, 1.82) is 0 Å². The van der Waals surface area contributed by atoms with Crippen molar-refractivity contribution in [1.82, 2.24) is 9.55 Å². The molecule has 7 N–H and O–H groups in total. The molecule has 1 aromatic heterocycles. The molecular weight excluding hydrogens is 340 g/mol. The first-order valence-electron chi connectivity index (χ1n) is 8.53. The van der Waals surface area contributed by atoms with E-state index < -0.39 is 36.0 Å². The van der Waals surface area contributed by atoms with Crippen molar-refractivity contribution in [2.75, 3.05) is 6.54 Å². The van der Waals surface area contributed by atoms with E-state index in [1.54, 1.807) is 4.57 Å². The minimum absolute atomic E-state index is 0.135. The fourth-order valence-electron chi connectivity index (χ4n) is 3.38. The zero-order chi connectivity index (χ0) is 18.9. The third kappa shape index (κ3) is 3.31. The Bertz CT molecular complexity index is 781. The van der Waals surface area contributed by atoms with Crippen LogP contribution in [-0.2, 0) is 9.53 Å². The van der Waals surface area contributed by atoms with Gasteiger partial charge in [-0.25, -0.2) is 4.98 Å². The molecule has 1 aromatic carbocycles. The first-order chi connectivity index (χ1) is 12.4. The van der Waals surface area contributed by atoms with Crippen LogP contribution < -0.4 is 11.5 Å². The number of aliphatic hydroxyl groups is 2. The van der Waals surface area contributed by atoms with Crippen molar-refractivity contribution in [2.45, 2.75) is 49.3 Å². The first-order valence-corrected chi connectivity index (χ1v) is 8.53. The average molecular weight is 364 g/mol. The number of hydrogen-bond acceptors (Lipinski definition) is 7. The number of ether oxygens (including phenoxy) is 1. The summed E-state index contributed by atoms with van der Waals surface area (Å²) in [4.78, 5) is 15.9. The number of carbonyl (C=O) groups is 1. The van der Waals surface area contributed by atoms with Crippen LogP contribution in [0, 0.1) is 0 Å². The van der Waals surface area contributed by atoms with E-state index in [1.807, 2.05) is 24.3 Å². The van der Waals surface area contributed by atoms with E-state index in [2.05, 4.69) is 4.98 Å². The van der Waals surface area contributed by atoms with Gasteiger partial charge in [-0.05, 0) is 31.5 Å². The maximum absolute atomic E-state index is 11.6. The van der Waals surface area contributed by atoms with Crippen molar-refractivity contribution in [2.24, 2.45) is 11.5 Å². The van der Waals surface area contributed by atoms with E-state index >= 15 is 0 Å². The van der Waals surface area contributed by atoms with Gasteiger partial charge in [0.15, 0.2) is 6.23 Å². The first kappa shape index (κ1) is 18.7. The van der Waals surface area contributed by atoms with Crippen molar-refractivity contribution < 1.29 is 24.9 Å². The van der Waals surface area contributed by atoms with Gasteiger partial charge in [0.25, 0.3) is 0 Å². The highest BCUT2D eigenvalue weighted by Gasteiger charge is 2.48. The van der Waals surface area contributed by atoms with Gasteiger partial charge in [0.05, 0.1) is 23.5 Å². The molecule has 9 heteroatoms. The Morgan fingerprint density at radius 3 is 2.73 bits per heavy atom. The van der Waals surface area contributed by atoms with E-state index in [9.17, 15) is 20.1 Å². The number of imidazole rings is 1. The summed E-state index contributed by atoms with van der Waals surface area (Å²) in [5.74, 6) is -1.19. The molecule has 1 aliphatic heterocycles. The monoisotopic (exact) mass is 364 g/mol. The van der Waals surface area contributed by atoms with Crippen molar-refractivity contribution >= 4 is 17.0 Å². The van der Waals surface area contributed by atoms with E-state index in [0.29, 0.717) is 13.0 Å². The maximum atomic E-state index is 11.6. The molecule has 0 saturated carbocycles. The standard InChI is InChI=1S/C17H24N4O5/c18-7-3-6-17(19,16(24)25)8-12-13(22)14(23)15(26-12)21-9-20-10-4-1-2-5-11(10)21/h1-2,4-5,9,12-15,22-23H,3,6-8,18-19H2,(H,24,25). The van der Waals surface area contributed by atoms with Crippen molar-refractivity contribution in [3.8, 4) is 0 Å². The van der Waals surface area contributed by atoms with Crippen LogP contribution in [0.3, 0.4) is 0 Å². The van der Waals surface area contributed by atoms with Crippen LogP contribution in [0.1, 0.15) is 25.5 Å². The molecule has 9 nitrogen and oxygen atoms in total. The predicted molar refractivity (Wildman–Crippen MR) is 93.1 cm³/mol. The number of aromatic nitrogens is 2. The number of nitrogens with zero attached hydrogens (tertiary/aromatic N) is 2. The lowest BCUT2D eigenvalue weighted by Crippen LogP contribution is -2.52. The molecule has 0 bridgehead atoms. The highest BCUT2D eigenvalue weighted by atomic mass is 16.6. The zero-order valence-electron chi connectivity index (χ0n) is 14.2. The molecule has 26 heavy (non-hydrogen) atoms. The topological polar surface area (TPSA) is 157 Å². The third-order valence-electron chi connectivity index (χ3n) is 4.91. The van der Waals surface area contributed by atoms with E-state index in [4.69, 9.17) is 16.2 Å². The number of carboxylic acids is 1. The molecular formula is C17H24N4O5. The maximum Gasteiger partial charge on any atom is 0.323 e. The molecule has 0 radical (unpaired) electrons. The number of para-hydroxylation sites is 2. The van der Waals surface area contributed by atoms with Crippen LogP contribution in [-0.4, -0.2) is 61.2 Å². The Morgan fingerprint density at radius 1 is 1.31 bits per heavy atom. The number of aliphatic carboxylic acids is 1. The lowest BCUT2D eigenvalue weighted by Gasteiger charge is -2.28. The lowest BCUT2D eigenvalue weighted by molar-refractivity contribution is -0.146. The highest BCUT2D eigenvalue weighted by Crippen LogP contribution is 2.35. The highest BCUT2D eigenvalue weighted by molar-refractivity contribution is 5.78. The Kier molecular flexibility index (Phi) is 5.26. The van der Waals surface area contributed by atoms with Crippen LogP contribution in [0.5, 0.6) is 0 Å². The summed E-state index contributed by atoms with van der Waals surface area (Å²) in [6.07, 6.45) is -2.32. The smallest absolute Gasteiger partial charge is 0.323 e. The second-order valence-corrected chi connectivity index (χ2v) is 6.74. The van der Waals surface area contributed by atoms with Gasteiger partial charge in [0.2, 0.25) is 0 Å². The number of fused-ring (bicyclic) bond motifs is 1. The van der Waals surface area contributed by atoms with Crippen LogP contribution in [0.4, 0.5) is 0 Å². The molecule has 0 spiro atoms. The zero-order valence-corrected chi connectivity index (χ0v) is 14.2. The second-order valence-electron chi connectivity index (χ2n) is 6.74. The van der Waals surface area contributed by atoms with Crippen LogP contribution in [0.15, 0.2) is 30.6 Å². The Hall–Kier alpha value is -2.04. The minimum Gasteiger partial charge on any atom is -0.480 e. The molecule has 2 aromatic rings. The quantitative estimate of drug-likeness (QED) is 0.443. The lowest BCUT2D eigenvalue weighted by atomic mass is 9.86. The van der Waals surface area contributed by atoms with E-state index in [-0.39, 0.29) is 12.8 Å². The number of benzene rings is 1. The summed E-state index contributed by atoms with van der Waals surface area (Å²) in [6.45, 7) is 0.312. The molecule has 5 atom stereocenters. The van der Waals surface area contributed by atoms with Gasteiger partial charge < -0.3 is 36.1 Å². The van der Waals surface area contributed by atoms with Gasteiger partial charge in [-0.3, -0.25) is 4.79 Å². The normalized spacial score (nSPS) is 28.3. The van der Waals surface area contributed by atoms with Crippen LogP contribution >= 0.6 is 0 Å². The van der Waals surface area contributed by atoms with Gasteiger partial charge in [0.1, 0.15) is 17.7 Å². The minimum atomic E-state index is -1.59. The summed E-state index contributed by atoms with van der Waals surface area (Å²) in [5, 5.41) is 30.3. The number of nitrogens with two attached hydrogens (primary N) is 2. The number of hydrogen-bond donors (Lipinski definition) is 5. The van der Waals surface area contributed by atoms with E-state index in [0.717, 1.165) is 11.0 Å². The fraction of sp³-hybridized carbons (Fsp3) is 0.529. The van der Waals surface area contributed by atoms with Crippen molar-refractivity contribution in [3.63, 3.8) is 0 Å². The number of rotatable bonds is 7. The molecule has 1 aliphatic rings. The molecule has 3 rings (SSSR count). The predicted octanol–water partition coefficient (Wildman–Crippen LogP) is -0.433. The summed E-state index contributed by atoms with van der Waals surface area (Å²) < 4.78 is 7.44. The summed E-state index contributed by atoms with van der Waals surface area (Å²) in [7, 11) is 0. The van der Waals surface area contributed by atoms with Gasteiger partial charge >= 0.3 is 5.97 Å². The second kappa shape index (κ2) is 7.29. The summed E-state index contributed by atoms with van der Waals surface area (Å²) in [5.41, 5.74) is 11.4. The molecule has 0 amide bonds. The third-order valence-corrected chi connectivity index (χ3v) is 4.91. The Balaban J connectivity index is 1.82. The van der Waals surface area contributed by atoms with Gasteiger partial charge in [-0.1, -0.05) is 12.1 Å². The van der Waals surface area contributed by atoms with E-state index in [1.165, 1.54) is 6.33 Å². The molecule has 142 valence electrons. The summed E-state index contributed by atoms with van der Waals surface area (Å²) >= 11 is 0. The summed E-state index contributed by atoms with van der Waals surface area (Å²) in [6, 6.07) is 7.32. The van der Waals surface area contributed by atoms with Crippen LogP contribution in [0.25, 0.3) is 11.0 Å². The average Bonchev–Trinajstić information content (AvgIpc) is 3.16. The van der Waals surface area contributed by atoms with Crippen molar-refractivity contribution in [3.05, 3.63) is 30.6 Å². The Morgan fingerprint density at radius 2 is 2.04 bits per heavy atom. The molecule has 2 heterocycles. The molecule has 0 aliphatic carbocycles.